The van der Waals surface area contributed by atoms with Crippen LogP contribution in [0.25, 0.3) is 97.0 Å². The van der Waals surface area contributed by atoms with E-state index in [-0.39, 0.29) is 0 Å². The Hall–Kier alpha value is -6.80. The van der Waals surface area contributed by atoms with Crippen LogP contribution in [0.5, 0.6) is 0 Å². The van der Waals surface area contributed by atoms with Crippen LogP contribution in [0.15, 0.2) is 194 Å². The van der Waals surface area contributed by atoms with Gasteiger partial charge in [-0.3, -0.25) is 0 Å². The smallest absolute Gasteiger partial charge is 0.0726 e. The van der Waals surface area contributed by atoms with Gasteiger partial charge in [0, 0.05) is 25.7 Å². The van der Waals surface area contributed by atoms with E-state index in [9.17, 15) is 0 Å². The summed E-state index contributed by atoms with van der Waals surface area (Å²) in [6.45, 7) is 0. The van der Waals surface area contributed by atoms with Crippen LogP contribution in [0.3, 0.4) is 0 Å². The molecule has 0 radical (unpaired) electrons. The summed E-state index contributed by atoms with van der Waals surface area (Å²) in [5.41, 5.74) is 15.5. The van der Waals surface area contributed by atoms with E-state index in [1.807, 2.05) is 11.3 Å². The molecule has 2 aliphatic carbocycles. The van der Waals surface area contributed by atoms with Gasteiger partial charge in [0.1, 0.15) is 0 Å². The minimum absolute atomic E-state index is 0.428. The average Bonchev–Trinajstić information content (AvgIpc) is 3.90. The first-order valence-electron chi connectivity index (χ1n) is 19.5. The number of hydrogen-bond donors (Lipinski definition) is 0. The van der Waals surface area contributed by atoms with Crippen LogP contribution in [0.4, 0.5) is 0 Å². The number of rotatable bonds is 2. The molecule has 1 spiro atoms. The molecule has 0 amide bonds. The van der Waals surface area contributed by atoms with Crippen molar-refractivity contribution in [2.75, 3.05) is 0 Å². The Balaban J connectivity index is 1.15. The summed E-state index contributed by atoms with van der Waals surface area (Å²) >= 11 is 1.94. The van der Waals surface area contributed by atoms with Gasteiger partial charge in [-0.2, -0.15) is 0 Å². The van der Waals surface area contributed by atoms with Crippen LogP contribution in [0, 0.1) is 0 Å². The molecule has 258 valence electrons. The third-order valence-corrected chi connectivity index (χ3v) is 14.1. The van der Waals surface area contributed by atoms with Crippen LogP contribution < -0.4 is 0 Å². The molecule has 0 nitrogen and oxygen atoms in total. The van der Waals surface area contributed by atoms with Gasteiger partial charge in [0.25, 0.3) is 0 Å². The van der Waals surface area contributed by atoms with Gasteiger partial charge in [0.05, 0.1) is 5.41 Å². The average molecular weight is 725 g/mol. The van der Waals surface area contributed by atoms with Crippen molar-refractivity contribution in [1.29, 1.82) is 0 Å². The maximum atomic E-state index is 2.56. The van der Waals surface area contributed by atoms with Gasteiger partial charge in [0.2, 0.25) is 0 Å². The summed E-state index contributed by atoms with van der Waals surface area (Å²) in [5.74, 6) is 0. The molecule has 10 aromatic carbocycles. The Morgan fingerprint density at radius 2 is 0.839 bits per heavy atom. The molecular formula is C55H32S. The lowest BCUT2D eigenvalue weighted by Gasteiger charge is -2.30. The lowest BCUT2D eigenvalue weighted by Crippen LogP contribution is -2.25. The monoisotopic (exact) mass is 724 g/mol. The van der Waals surface area contributed by atoms with Crippen molar-refractivity contribution in [3.63, 3.8) is 0 Å². The zero-order valence-corrected chi connectivity index (χ0v) is 31.2. The number of thiophene rings is 1. The van der Waals surface area contributed by atoms with Crippen LogP contribution in [0.2, 0.25) is 0 Å². The van der Waals surface area contributed by atoms with Crippen LogP contribution in [-0.2, 0) is 5.41 Å². The summed E-state index contributed by atoms with van der Waals surface area (Å²) < 4.78 is 2.72. The predicted octanol–water partition coefficient (Wildman–Crippen LogP) is 15.2. The van der Waals surface area contributed by atoms with Crippen molar-refractivity contribution >= 4 is 63.8 Å². The lowest BCUT2D eigenvalue weighted by molar-refractivity contribution is 0.795. The summed E-state index contributed by atoms with van der Waals surface area (Å²) in [6, 6.07) is 73.2. The Labute approximate surface area is 328 Å². The first kappa shape index (κ1) is 30.5. The first-order valence-corrected chi connectivity index (χ1v) is 20.3. The maximum Gasteiger partial charge on any atom is 0.0726 e. The topological polar surface area (TPSA) is 0 Å². The van der Waals surface area contributed by atoms with E-state index in [0.717, 1.165) is 0 Å². The molecule has 0 aliphatic heterocycles. The molecule has 1 aromatic heterocycles. The van der Waals surface area contributed by atoms with Crippen molar-refractivity contribution in [3.8, 4) is 44.5 Å². The van der Waals surface area contributed by atoms with E-state index in [1.165, 1.54) is 119 Å². The highest BCUT2D eigenvalue weighted by Crippen LogP contribution is 2.65. The summed E-state index contributed by atoms with van der Waals surface area (Å²) in [4.78, 5) is 0. The van der Waals surface area contributed by atoms with E-state index in [0.29, 0.717) is 0 Å². The number of hydrogen-bond acceptors (Lipinski definition) is 1. The second-order valence-corrected chi connectivity index (χ2v) is 16.5. The Morgan fingerprint density at radius 1 is 0.286 bits per heavy atom. The molecule has 0 bridgehead atoms. The highest BCUT2D eigenvalue weighted by atomic mass is 32.1. The fraction of sp³-hybridized carbons (Fsp3) is 0.0182. The highest BCUT2D eigenvalue weighted by Gasteiger charge is 2.52. The maximum absolute atomic E-state index is 2.56. The van der Waals surface area contributed by atoms with Crippen LogP contribution >= 0.6 is 11.3 Å². The third kappa shape index (κ3) is 3.83. The molecule has 0 saturated carbocycles. The van der Waals surface area contributed by atoms with Crippen LogP contribution in [0.1, 0.15) is 22.3 Å². The Kier molecular flexibility index (Phi) is 6.07. The molecule has 13 rings (SSSR count). The van der Waals surface area contributed by atoms with Crippen molar-refractivity contribution in [2.24, 2.45) is 0 Å². The molecule has 0 unspecified atom stereocenters. The molecule has 11 aromatic rings. The van der Waals surface area contributed by atoms with Crippen molar-refractivity contribution in [3.05, 3.63) is 216 Å². The number of fused-ring (bicyclic) bond motifs is 19. The largest absolute Gasteiger partial charge is 0.135 e. The first-order chi connectivity index (χ1) is 27.8. The minimum atomic E-state index is -0.428. The van der Waals surface area contributed by atoms with E-state index >= 15 is 0 Å². The lowest BCUT2D eigenvalue weighted by atomic mass is 9.70. The predicted molar refractivity (Wildman–Crippen MR) is 239 cm³/mol. The van der Waals surface area contributed by atoms with Gasteiger partial charge in [-0.25, -0.2) is 0 Å². The fourth-order valence-corrected chi connectivity index (χ4v) is 11.9. The molecule has 56 heavy (non-hydrogen) atoms. The standard InChI is InChI=1S/C55H32S/c1-2-14-33(15-3-1)44-31-46-38-19-7-5-17-36(38)45(32-47(46)37-18-6-4-16-35(37)44)34-26-27-43-51(30-34)55(48-23-11-8-20-39(48)40-21-9-12-24-49(40)55)50-29-28-42-41-22-10-13-25-52(41)56-54(42)53(43)50/h1-32H. The minimum Gasteiger partial charge on any atom is -0.135 e. The van der Waals surface area contributed by atoms with Crippen molar-refractivity contribution in [1.82, 2.24) is 0 Å². The number of benzene rings is 10. The van der Waals surface area contributed by atoms with E-state index in [1.54, 1.807) is 0 Å². The molecule has 1 heterocycles. The molecule has 0 fully saturated rings. The zero-order chi connectivity index (χ0) is 36.5. The second-order valence-electron chi connectivity index (χ2n) is 15.5. The van der Waals surface area contributed by atoms with Crippen molar-refractivity contribution in [2.45, 2.75) is 5.41 Å². The normalized spacial score (nSPS) is 13.5. The Morgan fingerprint density at radius 3 is 1.52 bits per heavy atom. The van der Waals surface area contributed by atoms with Gasteiger partial charge in [-0.05, 0) is 118 Å². The summed E-state index contributed by atoms with van der Waals surface area (Å²) in [5, 5.41) is 10.4. The molecule has 0 saturated heterocycles. The van der Waals surface area contributed by atoms with E-state index in [4.69, 9.17) is 0 Å². The summed E-state index contributed by atoms with van der Waals surface area (Å²) in [7, 11) is 0. The molecule has 1 heteroatoms. The fourth-order valence-electron chi connectivity index (χ4n) is 10.6. The summed E-state index contributed by atoms with van der Waals surface area (Å²) in [6.07, 6.45) is 0. The van der Waals surface area contributed by atoms with Gasteiger partial charge in [-0.15, -0.1) is 11.3 Å². The van der Waals surface area contributed by atoms with Crippen molar-refractivity contribution < 1.29 is 0 Å². The molecule has 0 atom stereocenters. The third-order valence-electron chi connectivity index (χ3n) is 12.9. The van der Waals surface area contributed by atoms with Crippen LogP contribution in [-0.4, -0.2) is 0 Å². The van der Waals surface area contributed by atoms with Gasteiger partial charge in [-0.1, -0.05) is 170 Å². The van der Waals surface area contributed by atoms with E-state index in [2.05, 4.69) is 194 Å². The highest BCUT2D eigenvalue weighted by molar-refractivity contribution is 7.26. The van der Waals surface area contributed by atoms with Gasteiger partial charge in [0.15, 0.2) is 0 Å². The Bertz CT molecular complexity index is 3430. The SMILES string of the molecule is c1ccc(-c2cc3c4ccccc4c(-c4ccc5c(c4)C4(c6ccccc6-c6ccccc64)c4ccc6c(sc7ccccc76)c4-5)cc3c3ccccc23)cc1. The molecular weight excluding hydrogens is 693 g/mol. The second kappa shape index (κ2) is 11.1. The quantitative estimate of drug-likeness (QED) is 0.156. The molecule has 2 aliphatic rings. The zero-order valence-electron chi connectivity index (χ0n) is 30.4. The molecule has 0 N–H and O–H groups in total. The van der Waals surface area contributed by atoms with Gasteiger partial charge >= 0.3 is 0 Å². The van der Waals surface area contributed by atoms with Gasteiger partial charge < -0.3 is 0 Å². The van der Waals surface area contributed by atoms with E-state index < -0.39 is 5.41 Å².